The molecule has 0 spiro atoms. The number of amides is 1. The van der Waals surface area contributed by atoms with E-state index in [1.54, 1.807) is 12.4 Å². The standard InChI is InChI=1S/C16H23N3O3/c20-15(21)19-9-5-16(13-19,14-4-3-6-17-12-14)22-11-10-18-7-1-2-8-18/h3-4,6,12H,1-2,5,7-11,13H2,(H,20,21). The molecule has 22 heavy (non-hydrogen) atoms. The zero-order chi connectivity index (χ0) is 15.4. The van der Waals surface area contributed by atoms with Crippen LogP contribution in [-0.2, 0) is 10.3 Å². The Morgan fingerprint density at radius 3 is 2.82 bits per heavy atom. The largest absolute Gasteiger partial charge is 0.465 e. The van der Waals surface area contributed by atoms with Crippen molar-refractivity contribution in [2.75, 3.05) is 39.3 Å². The summed E-state index contributed by atoms with van der Waals surface area (Å²) in [5.41, 5.74) is 0.423. The van der Waals surface area contributed by atoms with E-state index in [4.69, 9.17) is 4.74 Å². The van der Waals surface area contributed by atoms with E-state index in [0.29, 0.717) is 26.1 Å². The Bertz CT molecular complexity index is 505. The average molecular weight is 305 g/mol. The van der Waals surface area contributed by atoms with Gasteiger partial charge in [-0.2, -0.15) is 0 Å². The van der Waals surface area contributed by atoms with Gasteiger partial charge in [0.2, 0.25) is 0 Å². The molecule has 3 rings (SSSR count). The summed E-state index contributed by atoms with van der Waals surface area (Å²) >= 11 is 0. The summed E-state index contributed by atoms with van der Waals surface area (Å²) < 4.78 is 6.23. The number of hydrogen-bond acceptors (Lipinski definition) is 4. The highest BCUT2D eigenvalue weighted by Crippen LogP contribution is 2.35. The monoisotopic (exact) mass is 305 g/mol. The predicted octanol–water partition coefficient (Wildman–Crippen LogP) is 1.77. The molecule has 0 radical (unpaired) electrons. The SMILES string of the molecule is O=C(O)N1CCC(OCCN2CCCC2)(c2cccnc2)C1. The second-order valence-corrected chi connectivity index (χ2v) is 6.09. The average Bonchev–Trinajstić information content (AvgIpc) is 3.19. The van der Waals surface area contributed by atoms with Crippen LogP contribution in [0.1, 0.15) is 24.8 Å². The Hall–Kier alpha value is -1.66. The number of nitrogens with zero attached hydrogens (tertiary/aromatic N) is 3. The third-order valence-corrected chi connectivity index (χ3v) is 4.67. The Morgan fingerprint density at radius 2 is 2.18 bits per heavy atom. The zero-order valence-corrected chi connectivity index (χ0v) is 12.8. The predicted molar refractivity (Wildman–Crippen MR) is 81.8 cm³/mol. The summed E-state index contributed by atoms with van der Waals surface area (Å²) in [6, 6.07) is 3.86. The molecular weight excluding hydrogens is 282 g/mol. The van der Waals surface area contributed by atoms with Crippen LogP contribution in [0, 0.1) is 0 Å². The third kappa shape index (κ3) is 3.23. The van der Waals surface area contributed by atoms with Crippen molar-refractivity contribution >= 4 is 6.09 Å². The number of ether oxygens (including phenoxy) is 1. The fourth-order valence-electron chi connectivity index (χ4n) is 3.39. The molecule has 0 aromatic carbocycles. The molecule has 0 aliphatic carbocycles. The fraction of sp³-hybridized carbons (Fsp3) is 0.625. The summed E-state index contributed by atoms with van der Waals surface area (Å²) in [4.78, 5) is 19.3. The minimum absolute atomic E-state index is 0.383. The van der Waals surface area contributed by atoms with Crippen molar-refractivity contribution in [3.05, 3.63) is 30.1 Å². The molecule has 0 bridgehead atoms. The van der Waals surface area contributed by atoms with Gasteiger partial charge in [-0.1, -0.05) is 6.07 Å². The molecule has 1 amide bonds. The molecule has 6 nitrogen and oxygen atoms in total. The van der Waals surface area contributed by atoms with E-state index in [0.717, 1.165) is 25.2 Å². The first kappa shape index (κ1) is 15.2. The Morgan fingerprint density at radius 1 is 1.36 bits per heavy atom. The van der Waals surface area contributed by atoms with Gasteiger partial charge in [0.25, 0.3) is 0 Å². The van der Waals surface area contributed by atoms with Crippen LogP contribution in [0.4, 0.5) is 4.79 Å². The maximum atomic E-state index is 11.3. The summed E-state index contributed by atoms with van der Waals surface area (Å²) in [5.74, 6) is 0. The number of carboxylic acid groups (broad SMARTS) is 1. The van der Waals surface area contributed by atoms with Gasteiger partial charge in [-0.25, -0.2) is 4.79 Å². The smallest absolute Gasteiger partial charge is 0.407 e. The Kier molecular flexibility index (Phi) is 4.59. The molecule has 2 fully saturated rings. The molecule has 2 aliphatic heterocycles. The maximum Gasteiger partial charge on any atom is 0.407 e. The van der Waals surface area contributed by atoms with E-state index < -0.39 is 11.7 Å². The molecule has 2 aliphatic rings. The second-order valence-electron chi connectivity index (χ2n) is 6.09. The van der Waals surface area contributed by atoms with Gasteiger partial charge in [0.15, 0.2) is 0 Å². The lowest BCUT2D eigenvalue weighted by molar-refractivity contribution is -0.0475. The van der Waals surface area contributed by atoms with Crippen LogP contribution >= 0.6 is 0 Å². The van der Waals surface area contributed by atoms with E-state index in [1.165, 1.54) is 17.7 Å². The first-order chi connectivity index (χ1) is 10.7. The molecule has 1 aromatic rings. The van der Waals surface area contributed by atoms with Crippen molar-refractivity contribution in [3.8, 4) is 0 Å². The van der Waals surface area contributed by atoms with Crippen molar-refractivity contribution in [1.29, 1.82) is 0 Å². The second kappa shape index (κ2) is 6.62. The molecule has 6 heteroatoms. The van der Waals surface area contributed by atoms with E-state index in [1.807, 2.05) is 12.1 Å². The molecule has 2 saturated heterocycles. The van der Waals surface area contributed by atoms with Crippen LogP contribution in [0.15, 0.2) is 24.5 Å². The topological polar surface area (TPSA) is 65.9 Å². The normalized spacial score (nSPS) is 25.7. The van der Waals surface area contributed by atoms with E-state index in [9.17, 15) is 9.90 Å². The molecular formula is C16H23N3O3. The van der Waals surface area contributed by atoms with Gasteiger partial charge in [-0.05, 0) is 32.0 Å². The number of carbonyl (C=O) groups is 1. The summed E-state index contributed by atoms with van der Waals surface area (Å²) in [5, 5.41) is 9.24. The highest BCUT2D eigenvalue weighted by atomic mass is 16.5. The van der Waals surface area contributed by atoms with Crippen LogP contribution < -0.4 is 0 Å². The van der Waals surface area contributed by atoms with Gasteiger partial charge in [0, 0.05) is 37.5 Å². The van der Waals surface area contributed by atoms with E-state index in [-0.39, 0.29) is 0 Å². The lowest BCUT2D eigenvalue weighted by Gasteiger charge is -2.30. The van der Waals surface area contributed by atoms with Gasteiger partial charge in [0.05, 0.1) is 13.2 Å². The molecule has 3 heterocycles. The lowest BCUT2D eigenvalue weighted by atomic mass is 9.94. The van der Waals surface area contributed by atoms with Gasteiger partial charge in [0.1, 0.15) is 5.60 Å². The number of pyridine rings is 1. The quantitative estimate of drug-likeness (QED) is 0.898. The molecule has 1 aromatic heterocycles. The summed E-state index contributed by atoms with van der Waals surface area (Å²) in [6.45, 7) is 4.72. The van der Waals surface area contributed by atoms with Crippen molar-refractivity contribution in [1.82, 2.24) is 14.8 Å². The fourth-order valence-corrected chi connectivity index (χ4v) is 3.39. The third-order valence-electron chi connectivity index (χ3n) is 4.67. The van der Waals surface area contributed by atoms with Gasteiger partial charge in [-0.15, -0.1) is 0 Å². The number of aromatic nitrogens is 1. The van der Waals surface area contributed by atoms with Crippen LogP contribution in [0.25, 0.3) is 0 Å². The van der Waals surface area contributed by atoms with Gasteiger partial charge >= 0.3 is 6.09 Å². The molecule has 0 saturated carbocycles. The first-order valence-electron chi connectivity index (χ1n) is 7.94. The van der Waals surface area contributed by atoms with Crippen LogP contribution in [-0.4, -0.2) is 65.3 Å². The van der Waals surface area contributed by atoms with Gasteiger partial charge < -0.3 is 19.6 Å². The van der Waals surface area contributed by atoms with Crippen molar-refractivity contribution in [2.24, 2.45) is 0 Å². The van der Waals surface area contributed by atoms with Crippen molar-refractivity contribution in [2.45, 2.75) is 24.9 Å². The number of likely N-dealkylation sites (tertiary alicyclic amines) is 2. The minimum atomic E-state index is -0.881. The summed E-state index contributed by atoms with van der Waals surface area (Å²) in [6.07, 6.45) is 5.85. The molecule has 1 N–H and O–H groups in total. The maximum absolute atomic E-state index is 11.3. The number of rotatable bonds is 5. The van der Waals surface area contributed by atoms with E-state index in [2.05, 4.69) is 9.88 Å². The lowest BCUT2D eigenvalue weighted by Crippen LogP contribution is -2.38. The van der Waals surface area contributed by atoms with Crippen molar-refractivity contribution in [3.63, 3.8) is 0 Å². The Balaban J connectivity index is 1.68. The van der Waals surface area contributed by atoms with Gasteiger partial charge in [-0.3, -0.25) is 4.98 Å². The molecule has 120 valence electrons. The van der Waals surface area contributed by atoms with E-state index >= 15 is 0 Å². The highest BCUT2D eigenvalue weighted by molar-refractivity contribution is 5.65. The molecule has 1 atom stereocenters. The van der Waals surface area contributed by atoms with Crippen molar-refractivity contribution < 1.29 is 14.6 Å². The highest BCUT2D eigenvalue weighted by Gasteiger charge is 2.42. The Labute approximate surface area is 130 Å². The van der Waals surface area contributed by atoms with Crippen LogP contribution in [0.5, 0.6) is 0 Å². The number of hydrogen-bond donors (Lipinski definition) is 1. The van der Waals surface area contributed by atoms with Crippen LogP contribution in [0.3, 0.4) is 0 Å². The minimum Gasteiger partial charge on any atom is -0.465 e. The molecule has 1 unspecified atom stereocenters. The first-order valence-corrected chi connectivity index (χ1v) is 7.94. The zero-order valence-electron chi connectivity index (χ0n) is 12.8. The summed E-state index contributed by atoms with van der Waals surface area (Å²) in [7, 11) is 0. The van der Waals surface area contributed by atoms with Crippen LogP contribution in [0.2, 0.25) is 0 Å².